The lowest BCUT2D eigenvalue weighted by atomic mass is 9.94. The molecule has 23 heavy (non-hydrogen) atoms. The molecule has 1 saturated carbocycles. The molecule has 1 aliphatic rings. The maximum absolute atomic E-state index is 12.9. The number of amides is 1. The fraction of sp³-hybridized carbons (Fsp3) is 0.167. The summed E-state index contributed by atoms with van der Waals surface area (Å²) in [5, 5.41) is 5.04. The van der Waals surface area contributed by atoms with Gasteiger partial charge in [0.1, 0.15) is 0 Å². The molecule has 0 bridgehead atoms. The van der Waals surface area contributed by atoms with Crippen molar-refractivity contribution < 1.29 is 4.79 Å². The zero-order chi connectivity index (χ0) is 16.0. The molecule has 0 saturated heterocycles. The smallest absolute Gasteiger partial charge is 0.235 e. The summed E-state index contributed by atoms with van der Waals surface area (Å²) in [7, 11) is 0. The van der Waals surface area contributed by atoms with Crippen LogP contribution < -0.4 is 5.32 Å². The molecule has 5 heteroatoms. The maximum Gasteiger partial charge on any atom is 0.235 e. The second kappa shape index (κ2) is 5.29. The minimum absolute atomic E-state index is 0.0218. The monoisotopic (exact) mass is 344 g/mol. The molecule has 4 rings (SSSR count). The van der Waals surface area contributed by atoms with E-state index >= 15 is 0 Å². The van der Waals surface area contributed by atoms with E-state index in [9.17, 15) is 4.79 Å². The lowest BCUT2D eigenvalue weighted by Crippen LogP contribution is -2.27. The first-order valence-electron chi connectivity index (χ1n) is 7.43. The number of fused-ring (bicyclic) bond motifs is 1. The van der Waals surface area contributed by atoms with Gasteiger partial charge in [-0.3, -0.25) is 4.79 Å². The van der Waals surface area contributed by atoms with Crippen LogP contribution >= 0.6 is 23.2 Å². The van der Waals surface area contributed by atoms with Gasteiger partial charge in [-0.05, 0) is 42.7 Å². The summed E-state index contributed by atoms with van der Waals surface area (Å²) >= 11 is 12.1. The summed E-state index contributed by atoms with van der Waals surface area (Å²) < 4.78 is 0. The predicted octanol–water partition coefficient (Wildman–Crippen LogP) is 5.15. The first-order chi connectivity index (χ1) is 11.1. The van der Waals surface area contributed by atoms with Crippen LogP contribution in [0.4, 0.5) is 5.69 Å². The van der Waals surface area contributed by atoms with Gasteiger partial charge in [-0.2, -0.15) is 0 Å². The van der Waals surface area contributed by atoms with Gasteiger partial charge in [0.2, 0.25) is 5.91 Å². The van der Waals surface area contributed by atoms with Crippen LogP contribution in [0.3, 0.4) is 0 Å². The Hall–Kier alpha value is -1.97. The zero-order valence-corrected chi connectivity index (χ0v) is 13.7. The van der Waals surface area contributed by atoms with Gasteiger partial charge in [0, 0.05) is 22.1 Å². The van der Waals surface area contributed by atoms with Crippen LogP contribution in [0.2, 0.25) is 10.0 Å². The van der Waals surface area contributed by atoms with Gasteiger partial charge in [-0.1, -0.05) is 41.4 Å². The number of carbonyl (C=O) groups is 1. The van der Waals surface area contributed by atoms with Crippen LogP contribution in [0.15, 0.2) is 48.7 Å². The van der Waals surface area contributed by atoms with Crippen LogP contribution in [0, 0.1) is 0 Å². The fourth-order valence-electron chi connectivity index (χ4n) is 3.04. The fourth-order valence-corrected chi connectivity index (χ4v) is 3.50. The quantitative estimate of drug-likeness (QED) is 0.678. The number of aromatic nitrogens is 1. The molecular weight excluding hydrogens is 331 g/mol. The van der Waals surface area contributed by atoms with E-state index in [1.807, 2.05) is 30.5 Å². The maximum atomic E-state index is 12.9. The average molecular weight is 345 g/mol. The van der Waals surface area contributed by atoms with Gasteiger partial charge in [0.25, 0.3) is 0 Å². The molecule has 2 aromatic carbocycles. The van der Waals surface area contributed by atoms with Gasteiger partial charge in [0.15, 0.2) is 0 Å². The van der Waals surface area contributed by atoms with E-state index in [4.69, 9.17) is 23.2 Å². The molecule has 116 valence electrons. The van der Waals surface area contributed by atoms with Crippen LogP contribution in [0.1, 0.15) is 18.4 Å². The van der Waals surface area contributed by atoms with Crippen molar-refractivity contribution >= 4 is 45.7 Å². The Bertz CT molecular complexity index is 912. The number of benzene rings is 2. The van der Waals surface area contributed by atoms with Gasteiger partial charge < -0.3 is 10.3 Å². The Kier molecular flexibility index (Phi) is 3.36. The number of anilines is 1. The number of halogens is 2. The topological polar surface area (TPSA) is 44.9 Å². The summed E-state index contributed by atoms with van der Waals surface area (Å²) in [6, 6.07) is 13.1. The molecule has 0 atom stereocenters. The molecule has 3 nitrogen and oxygen atoms in total. The number of hydrogen-bond acceptors (Lipinski definition) is 1. The third-order valence-electron chi connectivity index (χ3n) is 4.47. The van der Waals surface area contributed by atoms with Crippen LogP contribution in [0.25, 0.3) is 10.9 Å². The van der Waals surface area contributed by atoms with Crippen molar-refractivity contribution in [1.29, 1.82) is 0 Å². The first-order valence-corrected chi connectivity index (χ1v) is 8.19. The van der Waals surface area contributed by atoms with E-state index in [2.05, 4.69) is 10.3 Å². The Balaban J connectivity index is 1.68. The summed E-state index contributed by atoms with van der Waals surface area (Å²) in [6.07, 6.45) is 3.62. The van der Waals surface area contributed by atoms with E-state index in [0.717, 1.165) is 29.3 Å². The van der Waals surface area contributed by atoms with Crippen molar-refractivity contribution in [3.05, 3.63) is 64.3 Å². The molecule has 1 aliphatic carbocycles. The normalized spacial score (nSPS) is 15.6. The van der Waals surface area contributed by atoms with Crippen molar-refractivity contribution in [3.63, 3.8) is 0 Å². The minimum Gasteiger partial charge on any atom is -0.361 e. The Labute approximate surface area is 143 Å². The van der Waals surface area contributed by atoms with E-state index in [1.165, 1.54) is 0 Å². The van der Waals surface area contributed by atoms with Gasteiger partial charge in [0.05, 0.1) is 16.1 Å². The summed E-state index contributed by atoms with van der Waals surface area (Å²) in [6.45, 7) is 0. The van der Waals surface area contributed by atoms with Gasteiger partial charge >= 0.3 is 0 Å². The number of nitrogens with one attached hydrogen (secondary N) is 2. The summed E-state index contributed by atoms with van der Waals surface area (Å²) in [5.41, 5.74) is 2.22. The highest BCUT2D eigenvalue weighted by Gasteiger charge is 2.52. The van der Waals surface area contributed by atoms with Crippen LogP contribution in [-0.4, -0.2) is 10.9 Å². The number of hydrogen-bond donors (Lipinski definition) is 2. The molecule has 1 heterocycles. The third kappa shape index (κ3) is 2.41. The van der Waals surface area contributed by atoms with E-state index in [-0.39, 0.29) is 5.91 Å². The second-order valence-electron chi connectivity index (χ2n) is 5.91. The molecule has 1 amide bonds. The number of rotatable bonds is 3. The highest BCUT2D eigenvalue weighted by atomic mass is 35.5. The largest absolute Gasteiger partial charge is 0.361 e. The molecular formula is C18H14Cl2N2O. The lowest BCUT2D eigenvalue weighted by Gasteiger charge is -2.16. The highest BCUT2D eigenvalue weighted by Crippen LogP contribution is 2.51. The van der Waals surface area contributed by atoms with Crippen molar-refractivity contribution in [2.45, 2.75) is 18.3 Å². The van der Waals surface area contributed by atoms with Crippen molar-refractivity contribution in [3.8, 4) is 0 Å². The van der Waals surface area contributed by atoms with Crippen molar-refractivity contribution in [2.75, 3.05) is 5.32 Å². The molecule has 3 aromatic rings. The minimum atomic E-state index is -0.470. The molecule has 0 spiro atoms. The average Bonchev–Trinajstić information content (AvgIpc) is 3.23. The zero-order valence-electron chi connectivity index (χ0n) is 12.2. The number of aromatic amines is 1. The Morgan fingerprint density at radius 2 is 1.91 bits per heavy atom. The van der Waals surface area contributed by atoms with E-state index in [0.29, 0.717) is 15.7 Å². The molecule has 0 radical (unpaired) electrons. The molecule has 0 aliphatic heterocycles. The molecule has 1 fully saturated rings. The predicted molar refractivity (Wildman–Crippen MR) is 94.3 cm³/mol. The van der Waals surface area contributed by atoms with Gasteiger partial charge in [-0.25, -0.2) is 0 Å². The SMILES string of the molecule is O=C(Nc1ccc(Cl)cc1Cl)C1(c2c[nH]c3ccccc23)CC1. The molecule has 0 unspecified atom stereocenters. The Morgan fingerprint density at radius 1 is 1.13 bits per heavy atom. The van der Waals surface area contributed by atoms with E-state index < -0.39 is 5.41 Å². The molecule has 1 aromatic heterocycles. The number of H-pyrrole nitrogens is 1. The third-order valence-corrected chi connectivity index (χ3v) is 5.02. The lowest BCUT2D eigenvalue weighted by molar-refractivity contribution is -0.118. The Morgan fingerprint density at radius 3 is 2.65 bits per heavy atom. The molecule has 2 N–H and O–H groups in total. The standard InChI is InChI=1S/C18H14Cl2N2O/c19-11-5-6-16(14(20)9-11)22-17(23)18(7-8-18)13-10-21-15-4-2-1-3-12(13)15/h1-6,9-10,21H,7-8H2,(H,22,23). The number of carbonyl (C=O) groups excluding carboxylic acids is 1. The number of para-hydroxylation sites is 1. The summed E-state index contributed by atoms with van der Waals surface area (Å²) in [5.74, 6) is -0.0218. The van der Waals surface area contributed by atoms with Crippen molar-refractivity contribution in [2.24, 2.45) is 0 Å². The van der Waals surface area contributed by atoms with E-state index in [1.54, 1.807) is 18.2 Å². The highest BCUT2D eigenvalue weighted by molar-refractivity contribution is 6.36. The van der Waals surface area contributed by atoms with Gasteiger partial charge in [-0.15, -0.1) is 0 Å². The second-order valence-corrected chi connectivity index (χ2v) is 6.75. The van der Waals surface area contributed by atoms with Crippen LogP contribution in [0.5, 0.6) is 0 Å². The first kappa shape index (κ1) is 14.6. The summed E-state index contributed by atoms with van der Waals surface area (Å²) in [4.78, 5) is 16.1. The van der Waals surface area contributed by atoms with Crippen LogP contribution in [-0.2, 0) is 10.2 Å². The van der Waals surface area contributed by atoms with Crippen molar-refractivity contribution in [1.82, 2.24) is 4.98 Å².